The van der Waals surface area contributed by atoms with Gasteiger partial charge in [-0.1, -0.05) is 24.6 Å². The van der Waals surface area contributed by atoms with E-state index in [9.17, 15) is 4.79 Å². The van der Waals surface area contributed by atoms with Crippen molar-refractivity contribution in [2.45, 2.75) is 38.1 Å². The minimum absolute atomic E-state index is 0.163. The Morgan fingerprint density at radius 2 is 2.19 bits per heavy atom. The number of hydrogen-bond acceptors (Lipinski definition) is 2. The summed E-state index contributed by atoms with van der Waals surface area (Å²) in [5.74, 6) is -0.803. The largest absolute Gasteiger partial charge is 0.481 e. The van der Waals surface area contributed by atoms with Crippen molar-refractivity contribution in [1.82, 2.24) is 10.3 Å². The van der Waals surface area contributed by atoms with Crippen molar-refractivity contribution in [3.05, 3.63) is 36.0 Å². The molecule has 3 rings (SSSR count). The number of carboxylic acids is 1. The van der Waals surface area contributed by atoms with Crippen LogP contribution in [0.3, 0.4) is 0 Å². The van der Waals surface area contributed by atoms with E-state index in [1.807, 2.05) is 6.07 Å². The zero-order valence-electron chi connectivity index (χ0n) is 12.1. The van der Waals surface area contributed by atoms with Crippen molar-refractivity contribution in [3.63, 3.8) is 0 Å². The van der Waals surface area contributed by atoms with Gasteiger partial charge in [0.15, 0.2) is 0 Å². The molecule has 0 amide bonds. The fourth-order valence-corrected chi connectivity index (χ4v) is 3.35. The predicted octanol–water partition coefficient (Wildman–Crippen LogP) is 2.94. The molecule has 1 aromatic carbocycles. The predicted molar refractivity (Wildman–Crippen MR) is 83.4 cm³/mol. The summed E-state index contributed by atoms with van der Waals surface area (Å²) in [6, 6.07) is 8.68. The number of aromatic amines is 1. The molecule has 4 heteroatoms. The Hall–Kier alpha value is -1.81. The minimum Gasteiger partial charge on any atom is -0.481 e. The highest BCUT2D eigenvalue weighted by Crippen LogP contribution is 2.24. The maximum Gasteiger partial charge on any atom is 0.306 e. The highest BCUT2D eigenvalue weighted by molar-refractivity contribution is 5.83. The molecule has 3 N–H and O–H groups in total. The molecule has 0 aliphatic heterocycles. The number of aromatic nitrogens is 1. The average molecular weight is 286 g/mol. The minimum atomic E-state index is -0.641. The second kappa shape index (κ2) is 6.31. The summed E-state index contributed by atoms with van der Waals surface area (Å²) < 4.78 is 0. The number of carbonyl (C=O) groups is 1. The zero-order valence-corrected chi connectivity index (χ0v) is 12.1. The van der Waals surface area contributed by atoms with E-state index in [1.165, 1.54) is 16.5 Å². The molecule has 1 aliphatic rings. The Labute approximate surface area is 124 Å². The first kappa shape index (κ1) is 14.1. The van der Waals surface area contributed by atoms with Crippen LogP contribution < -0.4 is 5.32 Å². The summed E-state index contributed by atoms with van der Waals surface area (Å²) in [5.41, 5.74) is 2.50. The summed E-state index contributed by atoms with van der Waals surface area (Å²) >= 11 is 0. The Kier molecular flexibility index (Phi) is 4.25. The molecule has 1 saturated carbocycles. The number of carboxylic acid groups (broad SMARTS) is 1. The van der Waals surface area contributed by atoms with Crippen molar-refractivity contribution in [3.8, 4) is 0 Å². The average Bonchev–Trinajstić information content (AvgIpc) is 2.91. The molecule has 0 radical (unpaired) electrons. The topological polar surface area (TPSA) is 65.1 Å². The van der Waals surface area contributed by atoms with Gasteiger partial charge in [-0.15, -0.1) is 0 Å². The number of H-pyrrole nitrogens is 1. The van der Waals surface area contributed by atoms with Gasteiger partial charge in [-0.3, -0.25) is 4.79 Å². The zero-order chi connectivity index (χ0) is 14.7. The van der Waals surface area contributed by atoms with Gasteiger partial charge in [0, 0.05) is 23.1 Å². The number of benzene rings is 1. The van der Waals surface area contributed by atoms with Crippen molar-refractivity contribution in [1.29, 1.82) is 0 Å². The van der Waals surface area contributed by atoms with Crippen LogP contribution in [0.1, 0.15) is 31.2 Å². The molecule has 2 atom stereocenters. The van der Waals surface area contributed by atoms with E-state index >= 15 is 0 Å². The number of hydrogen-bond donors (Lipinski definition) is 3. The smallest absolute Gasteiger partial charge is 0.306 e. The molecule has 21 heavy (non-hydrogen) atoms. The van der Waals surface area contributed by atoms with E-state index in [0.717, 1.165) is 38.6 Å². The van der Waals surface area contributed by atoms with Crippen molar-refractivity contribution in [2.75, 3.05) is 6.54 Å². The molecule has 0 saturated heterocycles. The Morgan fingerprint density at radius 1 is 1.33 bits per heavy atom. The third-order valence-corrected chi connectivity index (χ3v) is 4.53. The lowest BCUT2D eigenvalue weighted by Gasteiger charge is -2.27. The maximum atomic E-state index is 11.1. The number of fused-ring (bicyclic) bond motifs is 1. The quantitative estimate of drug-likeness (QED) is 0.791. The van der Waals surface area contributed by atoms with Crippen LogP contribution in [0.25, 0.3) is 10.9 Å². The Balaban J connectivity index is 1.53. The third kappa shape index (κ3) is 3.27. The molecular weight excluding hydrogens is 264 g/mol. The van der Waals surface area contributed by atoms with Crippen LogP contribution in [0.15, 0.2) is 30.5 Å². The van der Waals surface area contributed by atoms with Gasteiger partial charge >= 0.3 is 5.97 Å². The summed E-state index contributed by atoms with van der Waals surface area (Å²) in [6.45, 7) is 0.902. The molecule has 2 aromatic rings. The molecule has 1 fully saturated rings. The normalized spacial score (nSPS) is 22.5. The van der Waals surface area contributed by atoms with Gasteiger partial charge in [-0.2, -0.15) is 0 Å². The fraction of sp³-hybridized carbons (Fsp3) is 0.471. The van der Waals surface area contributed by atoms with Crippen molar-refractivity contribution in [2.24, 2.45) is 5.92 Å². The second-order valence-electron chi connectivity index (χ2n) is 5.96. The van der Waals surface area contributed by atoms with Crippen LogP contribution in [0.4, 0.5) is 0 Å². The molecule has 0 bridgehead atoms. The van der Waals surface area contributed by atoms with Gasteiger partial charge in [0.2, 0.25) is 0 Å². The molecule has 112 valence electrons. The van der Waals surface area contributed by atoms with Crippen LogP contribution in [0.2, 0.25) is 0 Å². The van der Waals surface area contributed by atoms with Crippen molar-refractivity contribution < 1.29 is 9.90 Å². The molecular formula is C17H22N2O2. The molecule has 4 nitrogen and oxygen atoms in total. The molecule has 0 spiro atoms. The van der Waals surface area contributed by atoms with E-state index in [0.29, 0.717) is 6.04 Å². The van der Waals surface area contributed by atoms with Crippen LogP contribution >= 0.6 is 0 Å². The van der Waals surface area contributed by atoms with E-state index in [2.05, 4.69) is 34.7 Å². The van der Waals surface area contributed by atoms with Crippen LogP contribution in [0, 0.1) is 5.92 Å². The SMILES string of the molecule is O=C(O)C1CCCC(NCCc2c[nH]c3ccccc23)C1. The molecule has 1 aliphatic carbocycles. The molecule has 1 aromatic heterocycles. The van der Waals surface area contributed by atoms with Gasteiger partial charge in [-0.05, 0) is 43.9 Å². The first-order chi connectivity index (χ1) is 10.2. The van der Waals surface area contributed by atoms with Crippen LogP contribution in [0.5, 0.6) is 0 Å². The molecule has 1 heterocycles. The Morgan fingerprint density at radius 3 is 3.05 bits per heavy atom. The lowest BCUT2D eigenvalue weighted by Crippen LogP contribution is -2.37. The first-order valence-electron chi connectivity index (χ1n) is 7.75. The number of rotatable bonds is 5. The van der Waals surface area contributed by atoms with Crippen molar-refractivity contribution >= 4 is 16.9 Å². The van der Waals surface area contributed by atoms with E-state index < -0.39 is 5.97 Å². The van der Waals surface area contributed by atoms with E-state index in [4.69, 9.17) is 5.11 Å². The van der Waals surface area contributed by atoms with Crippen LogP contribution in [-0.4, -0.2) is 28.6 Å². The number of para-hydroxylation sites is 1. The summed E-state index contributed by atoms with van der Waals surface area (Å²) in [4.78, 5) is 14.4. The summed E-state index contributed by atoms with van der Waals surface area (Å²) in [7, 11) is 0. The first-order valence-corrected chi connectivity index (χ1v) is 7.75. The van der Waals surface area contributed by atoms with Gasteiger partial charge in [0.25, 0.3) is 0 Å². The monoisotopic (exact) mass is 286 g/mol. The standard InChI is InChI=1S/C17H22N2O2/c20-17(21)12-4-3-5-14(10-12)18-9-8-13-11-19-16-7-2-1-6-15(13)16/h1-2,6-7,11-12,14,18-19H,3-5,8-10H2,(H,20,21). The molecule has 2 unspecified atom stereocenters. The Bertz CT molecular complexity index is 620. The highest BCUT2D eigenvalue weighted by Gasteiger charge is 2.26. The number of nitrogens with one attached hydrogen (secondary N) is 2. The van der Waals surface area contributed by atoms with Gasteiger partial charge in [0.1, 0.15) is 0 Å². The van der Waals surface area contributed by atoms with Gasteiger partial charge < -0.3 is 15.4 Å². The highest BCUT2D eigenvalue weighted by atomic mass is 16.4. The summed E-state index contributed by atoms with van der Waals surface area (Å²) in [5, 5.41) is 13.9. The lowest BCUT2D eigenvalue weighted by molar-refractivity contribution is -0.143. The summed E-state index contributed by atoms with van der Waals surface area (Å²) in [6.07, 6.45) is 6.75. The maximum absolute atomic E-state index is 11.1. The third-order valence-electron chi connectivity index (χ3n) is 4.53. The fourth-order valence-electron chi connectivity index (χ4n) is 3.35. The number of aliphatic carboxylic acids is 1. The lowest BCUT2D eigenvalue weighted by atomic mass is 9.86. The van der Waals surface area contributed by atoms with E-state index in [-0.39, 0.29) is 5.92 Å². The van der Waals surface area contributed by atoms with Crippen LogP contribution in [-0.2, 0) is 11.2 Å². The van der Waals surface area contributed by atoms with Gasteiger partial charge in [-0.25, -0.2) is 0 Å². The second-order valence-corrected chi connectivity index (χ2v) is 5.96. The van der Waals surface area contributed by atoms with Gasteiger partial charge in [0.05, 0.1) is 5.92 Å². The van der Waals surface area contributed by atoms with E-state index in [1.54, 1.807) is 0 Å².